The van der Waals surface area contributed by atoms with Crippen molar-refractivity contribution in [1.82, 2.24) is 10.4 Å². The molecule has 0 saturated carbocycles. The Hall–Kier alpha value is -4.39. The predicted molar refractivity (Wildman–Crippen MR) is 120 cm³/mol. The van der Waals surface area contributed by atoms with Gasteiger partial charge in [0.05, 0.1) is 45.2 Å². The monoisotopic (exact) mass is 464 g/mol. The Morgan fingerprint density at radius 1 is 1.18 bits per heavy atom. The molecule has 2 aromatic rings. The Bertz CT molecular complexity index is 1240. The number of hydrogen-bond donors (Lipinski definition) is 2. The molecular formula is C24H24N4O6. The molecule has 1 aromatic carbocycles. The molecule has 1 unspecified atom stereocenters. The van der Waals surface area contributed by atoms with Crippen LogP contribution in [0.4, 0.5) is 0 Å². The molecule has 1 aliphatic heterocycles. The molecule has 1 atom stereocenters. The maximum Gasteiger partial charge on any atom is 0.305 e. The summed E-state index contributed by atoms with van der Waals surface area (Å²) in [4.78, 5) is 25.9. The van der Waals surface area contributed by atoms with Gasteiger partial charge in [0, 0.05) is 23.3 Å². The maximum absolute atomic E-state index is 13.2. The van der Waals surface area contributed by atoms with Crippen molar-refractivity contribution in [1.29, 1.82) is 5.26 Å². The first-order chi connectivity index (χ1) is 16.5. The number of carbonyl (C=O) groups is 2. The normalized spacial score (nSPS) is 17.8. The van der Waals surface area contributed by atoms with Gasteiger partial charge in [-0.1, -0.05) is 6.07 Å². The standard InChI is InChI=1S/C24H24N4O6/c1-31-17-10-9-13(21(32-2)22(17)33-3)19-14(12-25)23(26)28(15-6-4-7-16(29)20(15)19)27-24(30)18-8-5-11-34-18/h5,8-11,19H,4,6-7,26H2,1-3H3,(H,27,30). The van der Waals surface area contributed by atoms with Gasteiger partial charge in [0.1, 0.15) is 5.82 Å². The average Bonchev–Trinajstić information content (AvgIpc) is 3.39. The van der Waals surface area contributed by atoms with E-state index in [9.17, 15) is 14.9 Å². The van der Waals surface area contributed by atoms with Crippen molar-refractivity contribution in [2.24, 2.45) is 5.73 Å². The number of furan rings is 1. The van der Waals surface area contributed by atoms with Crippen molar-refractivity contribution >= 4 is 11.7 Å². The number of nitrogens with zero attached hydrogens (tertiary/aromatic N) is 2. The number of carbonyl (C=O) groups excluding carboxylic acids is 2. The van der Waals surface area contributed by atoms with Crippen LogP contribution in [-0.2, 0) is 4.79 Å². The Morgan fingerprint density at radius 3 is 2.56 bits per heavy atom. The summed E-state index contributed by atoms with van der Waals surface area (Å²) in [6.45, 7) is 0. The number of nitrogens with one attached hydrogen (secondary N) is 1. The van der Waals surface area contributed by atoms with Gasteiger partial charge in [-0.05, 0) is 31.0 Å². The summed E-state index contributed by atoms with van der Waals surface area (Å²) in [5, 5.41) is 11.4. The van der Waals surface area contributed by atoms with Crippen molar-refractivity contribution in [3.8, 4) is 23.3 Å². The minimum Gasteiger partial charge on any atom is -0.493 e. The third kappa shape index (κ3) is 3.61. The minimum absolute atomic E-state index is 0.0118. The van der Waals surface area contributed by atoms with E-state index in [4.69, 9.17) is 24.4 Å². The number of methoxy groups -OCH3 is 3. The molecule has 3 N–H and O–H groups in total. The number of Topliss-reactive ketones (excluding diaryl/α,β-unsaturated/α-hetero) is 1. The van der Waals surface area contributed by atoms with Gasteiger partial charge in [0.2, 0.25) is 5.75 Å². The first-order valence-corrected chi connectivity index (χ1v) is 10.6. The van der Waals surface area contributed by atoms with Crippen LogP contribution in [0.1, 0.15) is 41.3 Å². The molecule has 4 rings (SSSR count). The first kappa shape index (κ1) is 22.8. The first-order valence-electron chi connectivity index (χ1n) is 10.6. The second-order valence-corrected chi connectivity index (χ2v) is 7.66. The molecular weight excluding hydrogens is 440 g/mol. The summed E-state index contributed by atoms with van der Waals surface area (Å²) in [6.07, 6.45) is 2.74. The number of ketones is 1. The van der Waals surface area contributed by atoms with E-state index in [0.717, 1.165) is 0 Å². The van der Waals surface area contributed by atoms with Gasteiger partial charge < -0.3 is 24.4 Å². The summed E-state index contributed by atoms with van der Waals surface area (Å²) < 4.78 is 21.7. The molecule has 176 valence electrons. The number of hydrazine groups is 1. The lowest BCUT2D eigenvalue weighted by Crippen LogP contribution is -2.48. The Morgan fingerprint density at radius 2 is 1.94 bits per heavy atom. The number of ether oxygens (including phenoxy) is 3. The molecule has 2 heterocycles. The average molecular weight is 464 g/mol. The fraction of sp³-hybridized carbons (Fsp3) is 0.292. The zero-order valence-electron chi connectivity index (χ0n) is 19.0. The fourth-order valence-electron chi connectivity index (χ4n) is 4.44. The number of rotatable bonds is 6. The van der Waals surface area contributed by atoms with Crippen LogP contribution in [0.15, 0.2) is 57.6 Å². The fourth-order valence-corrected chi connectivity index (χ4v) is 4.44. The summed E-state index contributed by atoms with van der Waals surface area (Å²) in [5.41, 5.74) is 10.6. The zero-order valence-corrected chi connectivity index (χ0v) is 19.0. The molecule has 1 aliphatic carbocycles. The number of allylic oxidation sites excluding steroid dienone is 3. The largest absolute Gasteiger partial charge is 0.493 e. The lowest BCUT2D eigenvalue weighted by Gasteiger charge is -2.39. The van der Waals surface area contributed by atoms with Gasteiger partial charge in [-0.15, -0.1) is 0 Å². The molecule has 10 heteroatoms. The highest BCUT2D eigenvalue weighted by Gasteiger charge is 2.42. The summed E-state index contributed by atoms with van der Waals surface area (Å²) in [6, 6.07) is 8.62. The van der Waals surface area contributed by atoms with Gasteiger partial charge in [-0.25, -0.2) is 5.01 Å². The molecule has 0 fully saturated rings. The van der Waals surface area contributed by atoms with Crippen LogP contribution in [0, 0.1) is 11.3 Å². The van der Waals surface area contributed by atoms with Crippen molar-refractivity contribution < 1.29 is 28.2 Å². The number of nitrogens with two attached hydrogens (primary N) is 1. The van der Waals surface area contributed by atoms with E-state index >= 15 is 0 Å². The van der Waals surface area contributed by atoms with E-state index in [1.165, 1.54) is 38.7 Å². The quantitative estimate of drug-likeness (QED) is 0.660. The molecule has 0 saturated heterocycles. The van der Waals surface area contributed by atoms with Crippen LogP contribution in [0.3, 0.4) is 0 Å². The van der Waals surface area contributed by atoms with Crippen LogP contribution in [0.2, 0.25) is 0 Å². The van der Waals surface area contributed by atoms with Gasteiger partial charge in [-0.3, -0.25) is 15.0 Å². The van der Waals surface area contributed by atoms with Crippen molar-refractivity contribution in [3.63, 3.8) is 0 Å². The highest BCUT2D eigenvalue weighted by Crippen LogP contribution is 2.50. The van der Waals surface area contributed by atoms with Gasteiger partial charge in [0.15, 0.2) is 23.0 Å². The van der Waals surface area contributed by atoms with E-state index < -0.39 is 11.8 Å². The summed E-state index contributed by atoms with van der Waals surface area (Å²) in [5.74, 6) is -0.331. The second kappa shape index (κ2) is 9.23. The van der Waals surface area contributed by atoms with E-state index in [0.29, 0.717) is 53.3 Å². The van der Waals surface area contributed by atoms with Crippen LogP contribution >= 0.6 is 0 Å². The van der Waals surface area contributed by atoms with Crippen LogP contribution in [0.25, 0.3) is 0 Å². The highest BCUT2D eigenvalue weighted by molar-refractivity contribution is 6.00. The molecule has 0 radical (unpaired) electrons. The predicted octanol–water partition coefficient (Wildman–Crippen LogP) is 2.75. The molecule has 34 heavy (non-hydrogen) atoms. The highest BCUT2D eigenvalue weighted by atomic mass is 16.5. The summed E-state index contributed by atoms with van der Waals surface area (Å²) in [7, 11) is 4.44. The van der Waals surface area contributed by atoms with Gasteiger partial charge >= 0.3 is 5.91 Å². The molecule has 1 aromatic heterocycles. The van der Waals surface area contributed by atoms with E-state index in [2.05, 4.69) is 11.5 Å². The minimum atomic E-state index is -0.806. The SMILES string of the molecule is COc1ccc(C2C(C#N)=C(N)N(NC(=O)c3ccco3)C3=C2C(=O)CCC3)c(OC)c1OC. The lowest BCUT2D eigenvalue weighted by atomic mass is 9.75. The molecule has 10 nitrogen and oxygen atoms in total. The number of benzene rings is 1. The van der Waals surface area contributed by atoms with Gasteiger partial charge in [0.25, 0.3) is 0 Å². The smallest absolute Gasteiger partial charge is 0.305 e. The molecule has 0 spiro atoms. The molecule has 0 bridgehead atoms. The van der Waals surface area contributed by atoms with E-state index in [1.807, 2.05) is 0 Å². The zero-order chi connectivity index (χ0) is 24.4. The van der Waals surface area contributed by atoms with Crippen LogP contribution in [0.5, 0.6) is 17.2 Å². The van der Waals surface area contributed by atoms with Crippen molar-refractivity contribution in [2.45, 2.75) is 25.2 Å². The van der Waals surface area contributed by atoms with Crippen molar-refractivity contribution in [2.75, 3.05) is 21.3 Å². The molecule has 2 aliphatic rings. The van der Waals surface area contributed by atoms with Crippen LogP contribution in [-0.4, -0.2) is 38.0 Å². The third-order valence-corrected chi connectivity index (χ3v) is 5.92. The Kier molecular flexibility index (Phi) is 6.19. The number of amides is 1. The van der Waals surface area contributed by atoms with E-state index in [-0.39, 0.29) is 22.9 Å². The Balaban J connectivity index is 1.91. The number of nitriles is 1. The topological polar surface area (TPSA) is 140 Å². The number of hydrogen-bond acceptors (Lipinski definition) is 9. The van der Waals surface area contributed by atoms with Crippen LogP contribution < -0.4 is 25.4 Å². The summed E-state index contributed by atoms with van der Waals surface area (Å²) >= 11 is 0. The maximum atomic E-state index is 13.2. The Labute approximate surface area is 196 Å². The van der Waals surface area contributed by atoms with E-state index in [1.54, 1.807) is 18.2 Å². The second-order valence-electron chi connectivity index (χ2n) is 7.66. The lowest BCUT2D eigenvalue weighted by molar-refractivity contribution is -0.116. The molecule has 1 amide bonds. The van der Waals surface area contributed by atoms with Gasteiger partial charge in [-0.2, -0.15) is 5.26 Å². The van der Waals surface area contributed by atoms with Crippen molar-refractivity contribution in [3.05, 3.63) is 64.5 Å². The third-order valence-electron chi connectivity index (χ3n) is 5.92.